The summed E-state index contributed by atoms with van der Waals surface area (Å²) in [6.07, 6.45) is 5.91. The quantitative estimate of drug-likeness (QED) is 0.823. The number of rotatable bonds is 5. The summed E-state index contributed by atoms with van der Waals surface area (Å²) in [6.45, 7) is 8.90. The SMILES string of the molecule is C=CCOc1cccc(/C=C/C23NC(=O)CN2c2ccccc2C3(C)C)c1. The Kier molecular flexibility index (Phi) is 4.06. The molecule has 2 heterocycles. The van der Waals surface area contributed by atoms with E-state index in [0.717, 1.165) is 17.0 Å². The molecule has 0 aliphatic carbocycles. The summed E-state index contributed by atoms with van der Waals surface area (Å²) in [6, 6.07) is 16.3. The molecule has 1 unspecified atom stereocenters. The van der Waals surface area contributed by atoms with Crippen LogP contribution in [0.1, 0.15) is 25.0 Å². The zero-order valence-electron chi connectivity index (χ0n) is 15.7. The average Bonchev–Trinajstić information content (AvgIpc) is 3.10. The van der Waals surface area contributed by atoms with E-state index in [1.165, 1.54) is 5.56 Å². The highest BCUT2D eigenvalue weighted by atomic mass is 16.5. The fraction of sp³-hybridized carbons (Fsp3) is 0.261. The third-order valence-electron chi connectivity index (χ3n) is 5.62. The molecule has 0 aromatic heterocycles. The zero-order valence-corrected chi connectivity index (χ0v) is 15.7. The normalized spacial score (nSPS) is 22.4. The fourth-order valence-electron chi connectivity index (χ4n) is 4.22. The van der Waals surface area contributed by atoms with Crippen molar-refractivity contribution >= 4 is 17.7 Å². The standard InChI is InChI=1S/C23H24N2O2/c1-4-14-27-18-9-7-8-17(15-18)12-13-23-22(2,3)19-10-5-6-11-20(19)25(23)16-21(26)24-23/h4-13,15H,1,14,16H2,2-3H3,(H,24,26)/b13-12+. The Morgan fingerprint density at radius 3 is 2.85 bits per heavy atom. The van der Waals surface area contributed by atoms with Crippen molar-refractivity contribution in [2.45, 2.75) is 24.9 Å². The van der Waals surface area contributed by atoms with Crippen molar-refractivity contribution in [2.24, 2.45) is 0 Å². The number of ether oxygens (including phenoxy) is 1. The van der Waals surface area contributed by atoms with Crippen LogP contribution in [0.15, 0.2) is 67.3 Å². The highest BCUT2D eigenvalue weighted by molar-refractivity contribution is 5.91. The number of nitrogens with one attached hydrogen (secondary N) is 1. The number of hydrogen-bond acceptors (Lipinski definition) is 3. The van der Waals surface area contributed by atoms with Gasteiger partial charge in [-0.15, -0.1) is 0 Å². The average molecular weight is 360 g/mol. The van der Waals surface area contributed by atoms with Gasteiger partial charge in [-0.2, -0.15) is 0 Å². The largest absolute Gasteiger partial charge is 0.490 e. The van der Waals surface area contributed by atoms with E-state index in [1.54, 1.807) is 6.08 Å². The Labute approximate surface area is 160 Å². The van der Waals surface area contributed by atoms with Gasteiger partial charge in [-0.1, -0.05) is 62.9 Å². The van der Waals surface area contributed by atoms with Gasteiger partial charge in [-0.25, -0.2) is 0 Å². The maximum atomic E-state index is 12.3. The van der Waals surface area contributed by atoms with Crippen LogP contribution in [0.25, 0.3) is 6.08 Å². The van der Waals surface area contributed by atoms with Crippen molar-refractivity contribution in [3.05, 3.63) is 78.4 Å². The molecule has 27 heavy (non-hydrogen) atoms. The molecule has 4 rings (SSSR count). The highest BCUT2D eigenvalue weighted by Crippen LogP contribution is 2.52. The highest BCUT2D eigenvalue weighted by Gasteiger charge is 2.59. The number of carbonyl (C=O) groups is 1. The molecule has 0 radical (unpaired) electrons. The number of benzene rings is 2. The van der Waals surface area contributed by atoms with Crippen LogP contribution in [-0.4, -0.2) is 24.7 Å². The van der Waals surface area contributed by atoms with Gasteiger partial charge in [0.2, 0.25) is 5.91 Å². The van der Waals surface area contributed by atoms with Gasteiger partial charge in [0.05, 0.1) is 6.54 Å². The first-order valence-corrected chi connectivity index (χ1v) is 9.19. The number of carbonyl (C=O) groups excluding carboxylic acids is 1. The molecule has 1 atom stereocenters. The van der Waals surface area contributed by atoms with Crippen molar-refractivity contribution in [2.75, 3.05) is 18.1 Å². The summed E-state index contributed by atoms with van der Waals surface area (Å²) < 4.78 is 5.63. The van der Waals surface area contributed by atoms with Crippen molar-refractivity contribution in [1.82, 2.24) is 5.32 Å². The molecule has 4 nitrogen and oxygen atoms in total. The summed E-state index contributed by atoms with van der Waals surface area (Å²) in [5.74, 6) is 0.848. The number of para-hydroxylation sites is 1. The fourth-order valence-corrected chi connectivity index (χ4v) is 4.22. The van der Waals surface area contributed by atoms with Crippen molar-refractivity contribution in [1.29, 1.82) is 0 Å². The number of hydrogen-bond donors (Lipinski definition) is 1. The maximum absolute atomic E-state index is 12.3. The van der Waals surface area contributed by atoms with Gasteiger partial charge in [0.25, 0.3) is 0 Å². The first-order chi connectivity index (χ1) is 13.0. The zero-order chi connectivity index (χ0) is 19.1. The van der Waals surface area contributed by atoms with Crippen molar-refractivity contribution in [3.8, 4) is 5.75 Å². The minimum absolute atomic E-state index is 0.0466. The van der Waals surface area contributed by atoms with Crippen LogP contribution in [0.5, 0.6) is 5.75 Å². The van der Waals surface area contributed by atoms with Gasteiger partial charge in [-0.3, -0.25) is 4.79 Å². The topological polar surface area (TPSA) is 41.6 Å². The molecule has 0 bridgehead atoms. The van der Waals surface area contributed by atoms with Crippen LogP contribution in [-0.2, 0) is 10.2 Å². The molecule has 2 aliphatic heterocycles. The van der Waals surface area contributed by atoms with E-state index in [4.69, 9.17) is 4.74 Å². The monoisotopic (exact) mass is 360 g/mol. The first-order valence-electron chi connectivity index (χ1n) is 9.19. The maximum Gasteiger partial charge on any atom is 0.241 e. The lowest BCUT2D eigenvalue weighted by Crippen LogP contribution is -2.58. The predicted molar refractivity (Wildman–Crippen MR) is 109 cm³/mol. The lowest BCUT2D eigenvalue weighted by atomic mass is 9.75. The molecule has 1 N–H and O–H groups in total. The molecule has 138 valence electrons. The molecule has 2 aromatic carbocycles. The van der Waals surface area contributed by atoms with E-state index in [9.17, 15) is 4.79 Å². The smallest absolute Gasteiger partial charge is 0.241 e. The van der Waals surface area contributed by atoms with E-state index in [1.807, 2.05) is 30.3 Å². The van der Waals surface area contributed by atoms with Crippen LogP contribution in [0.4, 0.5) is 5.69 Å². The Hall–Kier alpha value is -3.01. The van der Waals surface area contributed by atoms with Gasteiger partial charge in [0.15, 0.2) is 0 Å². The Balaban J connectivity index is 1.73. The molecular formula is C23H24N2O2. The van der Waals surface area contributed by atoms with E-state index in [2.05, 4.69) is 61.0 Å². The second-order valence-electron chi connectivity index (χ2n) is 7.55. The molecule has 1 saturated heterocycles. The lowest BCUT2D eigenvalue weighted by molar-refractivity contribution is -0.118. The van der Waals surface area contributed by atoms with Crippen LogP contribution >= 0.6 is 0 Å². The van der Waals surface area contributed by atoms with Gasteiger partial charge in [-0.05, 0) is 35.4 Å². The summed E-state index contributed by atoms with van der Waals surface area (Å²) >= 11 is 0. The molecular weight excluding hydrogens is 336 g/mol. The van der Waals surface area contributed by atoms with E-state index < -0.39 is 5.66 Å². The summed E-state index contributed by atoms with van der Waals surface area (Å²) in [5, 5.41) is 3.24. The Morgan fingerprint density at radius 1 is 1.22 bits per heavy atom. The Morgan fingerprint density at radius 2 is 2.04 bits per heavy atom. The van der Waals surface area contributed by atoms with Crippen molar-refractivity contribution < 1.29 is 9.53 Å². The molecule has 1 amide bonds. The van der Waals surface area contributed by atoms with Gasteiger partial charge >= 0.3 is 0 Å². The molecule has 4 heteroatoms. The number of amides is 1. The summed E-state index contributed by atoms with van der Waals surface area (Å²) in [5.41, 5.74) is 2.56. The number of fused-ring (bicyclic) bond motifs is 3. The predicted octanol–water partition coefficient (Wildman–Crippen LogP) is 3.89. The second kappa shape index (κ2) is 6.31. The third kappa shape index (κ3) is 2.64. The van der Waals surface area contributed by atoms with Crippen LogP contribution in [0.3, 0.4) is 0 Å². The van der Waals surface area contributed by atoms with E-state index in [0.29, 0.717) is 13.2 Å². The van der Waals surface area contributed by atoms with Gasteiger partial charge in [0.1, 0.15) is 18.0 Å². The second-order valence-corrected chi connectivity index (χ2v) is 7.55. The minimum atomic E-state index is -0.578. The van der Waals surface area contributed by atoms with Crippen LogP contribution in [0, 0.1) is 0 Å². The molecule has 0 spiro atoms. The van der Waals surface area contributed by atoms with Crippen LogP contribution < -0.4 is 15.0 Å². The summed E-state index contributed by atoms with van der Waals surface area (Å²) in [4.78, 5) is 14.5. The van der Waals surface area contributed by atoms with Gasteiger partial charge in [0, 0.05) is 11.1 Å². The Bertz CT molecular complexity index is 931. The first kappa shape index (κ1) is 17.4. The van der Waals surface area contributed by atoms with Gasteiger partial charge < -0.3 is 15.0 Å². The van der Waals surface area contributed by atoms with E-state index >= 15 is 0 Å². The van der Waals surface area contributed by atoms with Crippen molar-refractivity contribution in [3.63, 3.8) is 0 Å². The molecule has 1 fully saturated rings. The van der Waals surface area contributed by atoms with E-state index in [-0.39, 0.29) is 11.3 Å². The number of nitrogens with zero attached hydrogens (tertiary/aromatic N) is 1. The minimum Gasteiger partial charge on any atom is -0.490 e. The van der Waals surface area contributed by atoms with Crippen LogP contribution in [0.2, 0.25) is 0 Å². The lowest BCUT2D eigenvalue weighted by Gasteiger charge is -2.40. The summed E-state index contributed by atoms with van der Waals surface area (Å²) in [7, 11) is 0. The third-order valence-corrected chi connectivity index (χ3v) is 5.62. The number of anilines is 1. The molecule has 2 aliphatic rings. The molecule has 2 aromatic rings. The molecule has 0 saturated carbocycles.